The van der Waals surface area contributed by atoms with Gasteiger partial charge in [0.1, 0.15) is 0 Å². The predicted molar refractivity (Wildman–Crippen MR) is 48.5 cm³/mol. The van der Waals surface area contributed by atoms with Crippen LogP contribution in [0.4, 0.5) is 0 Å². The van der Waals surface area contributed by atoms with Gasteiger partial charge in [-0.05, 0) is 6.08 Å². The molecule has 58 valence electrons. The van der Waals surface area contributed by atoms with E-state index in [4.69, 9.17) is 21.7 Å². The Hall–Kier alpha value is -0.350. The lowest BCUT2D eigenvalue weighted by molar-refractivity contribution is 0.0800. The molecule has 4 heteroatoms. The van der Waals surface area contributed by atoms with Crippen LogP contribution in [0.15, 0.2) is 23.7 Å². The topological polar surface area (TPSA) is 18.5 Å². The summed E-state index contributed by atoms with van der Waals surface area (Å²) in [6.07, 6.45) is 3.81. The predicted octanol–water partition coefficient (Wildman–Crippen LogP) is 1.91. The molecule has 0 saturated heterocycles. The summed E-state index contributed by atoms with van der Waals surface area (Å²) in [4.78, 5) is 0.873. The maximum Gasteiger partial charge on any atom is 0.231 e. The Labute approximate surface area is 78.0 Å². The molecule has 2 rings (SSSR count). The Balaban J connectivity index is 2.38. The minimum Gasteiger partial charge on any atom is -0.454 e. The van der Waals surface area contributed by atoms with Gasteiger partial charge in [0.2, 0.25) is 6.79 Å². The van der Waals surface area contributed by atoms with E-state index in [1.54, 1.807) is 0 Å². The largest absolute Gasteiger partial charge is 0.454 e. The molecule has 0 aromatic carbocycles. The summed E-state index contributed by atoms with van der Waals surface area (Å²) in [7, 11) is 0. The van der Waals surface area contributed by atoms with Crippen LogP contribution in [0.3, 0.4) is 0 Å². The van der Waals surface area contributed by atoms with Gasteiger partial charge in [-0.3, -0.25) is 0 Å². The summed E-state index contributed by atoms with van der Waals surface area (Å²) in [6.45, 7) is 0.287. The first-order valence-corrected chi connectivity index (χ1v) is 4.48. The van der Waals surface area contributed by atoms with Crippen molar-refractivity contribution in [2.45, 2.75) is 4.83 Å². The SMILES string of the molecule is S=C1C2=C(C=CC1Br)OCO2. The van der Waals surface area contributed by atoms with Gasteiger partial charge in [0.15, 0.2) is 11.5 Å². The molecule has 0 aromatic heterocycles. The van der Waals surface area contributed by atoms with E-state index in [-0.39, 0.29) is 11.6 Å². The molecular formula is C7H5BrO2S. The van der Waals surface area contributed by atoms with Crippen molar-refractivity contribution >= 4 is 33.0 Å². The summed E-state index contributed by atoms with van der Waals surface area (Å²) in [5.41, 5.74) is 0. The second-order valence-electron chi connectivity index (χ2n) is 2.23. The van der Waals surface area contributed by atoms with Gasteiger partial charge >= 0.3 is 0 Å². The number of rotatable bonds is 0. The molecule has 11 heavy (non-hydrogen) atoms. The van der Waals surface area contributed by atoms with E-state index in [0.29, 0.717) is 5.76 Å². The van der Waals surface area contributed by atoms with Crippen LogP contribution in [-0.2, 0) is 9.47 Å². The zero-order chi connectivity index (χ0) is 7.84. The number of hydrogen-bond acceptors (Lipinski definition) is 3. The van der Waals surface area contributed by atoms with Crippen molar-refractivity contribution in [2.75, 3.05) is 6.79 Å². The van der Waals surface area contributed by atoms with E-state index in [0.717, 1.165) is 10.6 Å². The van der Waals surface area contributed by atoms with Gasteiger partial charge in [-0.2, -0.15) is 0 Å². The molecule has 0 aromatic rings. The first-order chi connectivity index (χ1) is 5.29. The lowest BCUT2D eigenvalue weighted by Gasteiger charge is -2.10. The van der Waals surface area contributed by atoms with Crippen molar-refractivity contribution in [1.29, 1.82) is 0 Å². The molecule has 1 unspecified atom stereocenters. The van der Waals surface area contributed by atoms with Crippen molar-refractivity contribution in [3.63, 3.8) is 0 Å². The molecule has 2 aliphatic rings. The molecule has 1 heterocycles. The fourth-order valence-electron chi connectivity index (χ4n) is 0.989. The molecule has 1 atom stereocenters. The van der Waals surface area contributed by atoms with Crippen LogP contribution < -0.4 is 0 Å². The Morgan fingerprint density at radius 2 is 2.36 bits per heavy atom. The summed E-state index contributed by atoms with van der Waals surface area (Å²) in [5.74, 6) is 1.47. The van der Waals surface area contributed by atoms with E-state index >= 15 is 0 Å². The highest BCUT2D eigenvalue weighted by Crippen LogP contribution is 2.27. The molecule has 1 aliphatic carbocycles. The highest BCUT2D eigenvalue weighted by atomic mass is 79.9. The number of allylic oxidation sites excluding steroid dienone is 3. The lowest BCUT2D eigenvalue weighted by Crippen LogP contribution is -2.15. The van der Waals surface area contributed by atoms with Crippen LogP contribution in [0.1, 0.15) is 0 Å². The lowest BCUT2D eigenvalue weighted by atomic mass is 10.1. The van der Waals surface area contributed by atoms with Gasteiger partial charge in [-0.25, -0.2) is 0 Å². The van der Waals surface area contributed by atoms with Crippen molar-refractivity contribution in [1.82, 2.24) is 0 Å². The van der Waals surface area contributed by atoms with Crippen molar-refractivity contribution in [3.05, 3.63) is 23.7 Å². The van der Waals surface area contributed by atoms with E-state index < -0.39 is 0 Å². The molecule has 0 spiro atoms. The van der Waals surface area contributed by atoms with E-state index in [2.05, 4.69) is 15.9 Å². The van der Waals surface area contributed by atoms with Crippen LogP contribution in [0.5, 0.6) is 0 Å². The van der Waals surface area contributed by atoms with Gasteiger partial charge in [0, 0.05) is 0 Å². The van der Waals surface area contributed by atoms with E-state index in [1.807, 2.05) is 12.2 Å². The minimum atomic E-state index is 0.109. The molecular weight excluding hydrogens is 228 g/mol. The number of thiocarbonyl (C=S) groups is 1. The Morgan fingerprint density at radius 3 is 3.18 bits per heavy atom. The highest BCUT2D eigenvalue weighted by Gasteiger charge is 2.26. The molecule has 0 radical (unpaired) electrons. The summed E-state index contributed by atoms with van der Waals surface area (Å²) in [6, 6.07) is 0. The number of ether oxygens (including phenoxy) is 2. The van der Waals surface area contributed by atoms with Gasteiger partial charge in [0.25, 0.3) is 0 Å². The van der Waals surface area contributed by atoms with Crippen molar-refractivity contribution in [2.24, 2.45) is 0 Å². The number of halogens is 1. The quantitative estimate of drug-likeness (QED) is 0.470. The second kappa shape index (κ2) is 2.60. The fraction of sp³-hybridized carbons (Fsp3) is 0.286. The average Bonchev–Trinajstić information content (AvgIpc) is 2.45. The number of hydrogen-bond donors (Lipinski definition) is 0. The van der Waals surface area contributed by atoms with Gasteiger partial charge in [0.05, 0.1) is 9.69 Å². The van der Waals surface area contributed by atoms with Crippen LogP contribution in [0, 0.1) is 0 Å². The Kier molecular flexibility index (Phi) is 1.73. The Morgan fingerprint density at radius 1 is 1.55 bits per heavy atom. The average molecular weight is 233 g/mol. The third-order valence-corrected chi connectivity index (χ3v) is 3.04. The third-order valence-electron chi connectivity index (χ3n) is 1.53. The summed E-state index contributed by atoms with van der Waals surface area (Å²) < 4.78 is 10.3. The van der Waals surface area contributed by atoms with Crippen LogP contribution in [0.2, 0.25) is 0 Å². The standard InChI is InChI=1S/C7H5BrO2S/c8-4-1-2-5-6(7(4)11)10-3-9-5/h1-2,4H,3H2. The van der Waals surface area contributed by atoms with Gasteiger partial charge < -0.3 is 9.47 Å². The normalized spacial score (nSPS) is 28.1. The maximum absolute atomic E-state index is 5.17. The fourth-order valence-corrected chi connectivity index (χ4v) is 1.59. The summed E-state index contributed by atoms with van der Waals surface area (Å²) >= 11 is 8.50. The summed E-state index contributed by atoms with van der Waals surface area (Å²) in [5, 5.41) is 0. The minimum absolute atomic E-state index is 0.109. The van der Waals surface area contributed by atoms with Gasteiger partial charge in [-0.1, -0.05) is 34.2 Å². The van der Waals surface area contributed by atoms with Crippen molar-refractivity contribution < 1.29 is 9.47 Å². The Bertz CT molecular complexity index is 270. The van der Waals surface area contributed by atoms with Crippen LogP contribution >= 0.6 is 28.1 Å². The molecule has 0 bridgehead atoms. The van der Waals surface area contributed by atoms with Gasteiger partial charge in [-0.15, -0.1) is 0 Å². The van der Waals surface area contributed by atoms with E-state index in [9.17, 15) is 0 Å². The smallest absolute Gasteiger partial charge is 0.231 e. The molecule has 0 saturated carbocycles. The van der Waals surface area contributed by atoms with E-state index in [1.165, 1.54) is 0 Å². The van der Waals surface area contributed by atoms with Crippen molar-refractivity contribution in [3.8, 4) is 0 Å². The first-order valence-electron chi connectivity index (χ1n) is 3.15. The zero-order valence-electron chi connectivity index (χ0n) is 5.54. The highest BCUT2D eigenvalue weighted by molar-refractivity contribution is 9.10. The van der Waals surface area contributed by atoms with Crippen LogP contribution in [0.25, 0.3) is 0 Å². The second-order valence-corrected chi connectivity index (χ2v) is 3.65. The zero-order valence-corrected chi connectivity index (χ0v) is 7.94. The molecule has 2 nitrogen and oxygen atoms in total. The molecule has 0 amide bonds. The monoisotopic (exact) mass is 232 g/mol. The number of alkyl halides is 1. The maximum atomic E-state index is 5.17. The molecule has 0 N–H and O–H groups in total. The first kappa shape index (κ1) is 7.31. The third kappa shape index (κ3) is 1.10. The molecule has 1 aliphatic heterocycles. The molecule has 0 fully saturated rings. The van der Waals surface area contributed by atoms with Crippen LogP contribution in [-0.4, -0.2) is 16.5 Å².